The maximum Gasteiger partial charge on any atom is 0.261 e. The summed E-state index contributed by atoms with van der Waals surface area (Å²) in [6.07, 6.45) is 0. The first-order valence-electron chi connectivity index (χ1n) is 8.82. The topological polar surface area (TPSA) is 104 Å². The second-order valence-corrected chi connectivity index (χ2v) is 6.96. The first-order chi connectivity index (χ1) is 12.6. The summed E-state index contributed by atoms with van der Waals surface area (Å²) in [6, 6.07) is 0. The highest BCUT2D eigenvalue weighted by Crippen LogP contribution is 2.21. The molecule has 142 valence electrons. The molecule has 0 saturated carbocycles. The minimum Gasteiger partial charge on any atom is -0.355 e. The molecule has 11 heteroatoms. The van der Waals surface area contributed by atoms with E-state index >= 15 is 0 Å². The number of amides is 1. The Labute approximate surface area is 156 Å². The fourth-order valence-electron chi connectivity index (χ4n) is 2.67. The lowest BCUT2D eigenvalue weighted by Gasteiger charge is -2.32. The van der Waals surface area contributed by atoms with Crippen LogP contribution < -0.4 is 10.6 Å². The molecule has 1 fully saturated rings. The van der Waals surface area contributed by atoms with E-state index in [1.54, 1.807) is 4.40 Å². The van der Waals surface area contributed by atoms with Gasteiger partial charge in [-0.05, 0) is 20.9 Å². The minimum atomic E-state index is 0.120. The van der Waals surface area contributed by atoms with Gasteiger partial charge in [-0.3, -0.25) is 4.79 Å². The number of hydrogen-bond donors (Lipinski definition) is 2. The number of fused-ring (bicyclic) bond motifs is 1. The summed E-state index contributed by atoms with van der Waals surface area (Å²) in [7, 11) is 2.07. The molecule has 3 rings (SSSR count). The zero-order valence-corrected chi connectivity index (χ0v) is 16.2. The van der Waals surface area contributed by atoms with Gasteiger partial charge in [0.05, 0.1) is 5.75 Å². The van der Waals surface area contributed by atoms with Crippen LogP contribution in [0.5, 0.6) is 0 Å². The lowest BCUT2D eigenvalue weighted by molar-refractivity contribution is -0.129. The summed E-state index contributed by atoms with van der Waals surface area (Å²) < 4.78 is 1.76. The molecule has 26 heavy (non-hydrogen) atoms. The second kappa shape index (κ2) is 8.49. The van der Waals surface area contributed by atoms with E-state index in [2.05, 4.69) is 42.7 Å². The lowest BCUT2D eigenvalue weighted by Crippen LogP contribution is -2.47. The van der Waals surface area contributed by atoms with E-state index in [0.29, 0.717) is 35.1 Å². The summed E-state index contributed by atoms with van der Waals surface area (Å²) in [6.45, 7) is 8.77. The third-order valence-electron chi connectivity index (χ3n) is 4.10. The molecule has 2 aromatic heterocycles. The van der Waals surface area contributed by atoms with Crippen LogP contribution in [0.25, 0.3) is 5.78 Å². The molecule has 2 aromatic rings. The number of carbonyl (C=O) groups excluding carboxylic acids is 1. The molecule has 0 unspecified atom stereocenters. The van der Waals surface area contributed by atoms with E-state index in [-0.39, 0.29) is 5.91 Å². The molecular formula is C15H25N9OS. The quantitative estimate of drug-likeness (QED) is 0.655. The largest absolute Gasteiger partial charge is 0.355 e. The highest BCUT2D eigenvalue weighted by Gasteiger charge is 2.21. The van der Waals surface area contributed by atoms with Gasteiger partial charge in [0, 0.05) is 39.3 Å². The standard InChI is InChI=1S/C15H25N9OS/c1-4-16-12-18-13(17-5-2)24-14(19-12)20-21-15(24)26-10-11(25)23-8-6-22(3)7-9-23/h4-10H2,1-3H3,(H2,16,17,18,19,20). The van der Waals surface area contributed by atoms with Gasteiger partial charge in [0.1, 0.15) is 0 Å². The number of carbonyl (C=O) groups is 1. The lowest BCUT2D eigenvalue weighted by atomic mass is 10.3. The van der Waals surface area contributed by atoms with E-state index < -0.39 is 0 Å². The van der Waals surface area contributed by atoms with Crippen molar-refractivity contribution < 1.29 is 4.79 Å². The van der Waals surface area contributed by atoms with Crippen molar-refractivity contribution in [2.45, 2.75) is 19.0 Å². The van der Waals surface area contributed by atoms with Gasteiger partial charge in [0.2, 0.25) is 17.8 Å². The van der Waals surface area contributed by atoms with Crippen molar-refractivity contribution in [1.29, 1.82) is 0 Å². The van der Waals surface area contributed by atoms with Crippen LogP contribution in [0, 0.1) is 0 Å². The number of aromatic nitrogens is 5. The summed E-state index contributed by atoms with van der Waals surface area (Å²) in [4.78, 5) is 25.4. The Balaban J connectivity index is 1.74. The molecule has 1 amide bonds. The smallest absolute Gasteiger partial charge is 0.261 e. The minimum absolute atomic E-state index is 0.120. The number of nitrogens with one attached hydrogen (secondary N) is 2. The Bertz CT molecular complexity index is 757. The molecule has 1 aliphatic heterocycles. The Morgan fingerprint density at radius 1 is 1.08 bits per heavy atom. The number of piperazine rings is 1. The second-order valence-electron chi connectivity index (χ2n) is 6.02. The van der Waals surface area contributed by atoms with Crippen molar-refractivity contribution in [3.05, 3.63) is 0 Å². The summed E-state index contributed by atoms with van der Waals surface area (Å²) in [5, 5.41) is 15.2. The number of hydrogen-bond acceptors (Lipinski definition) is 9. The van der Waals surface area contributed by atoms with Gasteiger partial charge in [-0.2, -0.15) is 9.97 Å². The average Bonchev–Trinajstić information content (AvgIpc) is 3.04. The fraction of sp³-hybridized carbons (Fsp3) is 0.667. The predicted octanol–water partition coefficient (Wildman–Crippen LogP) is 0.249. The van der Waals surface area contributed by atoms with Crippen LogP contribution in [-0.4, -0.2) is 92.3 Å². The van der Waals surface area contributed by atoms with E-state index in [9.17, 15) is 4.79 Å². The van der Waals surface area contributed by atoms with Gasteiger partial charge in [0.15, 0.2) is 5.16 Å². The van der Waals surface area contributed by atoms with Gasteiger partial charge in [-0.15, -0.1) is 10.2 Å². The number of rotatable bonds is 7. The zero-order chi connectivity index (χ0) is 18.5. The number of anilines is 2. The molecule has 0 aliphatic carbocycles. The molecule has 3 heterocycles. The molecule has 2 N–H and O–H groups in total. The van der Waals surface area contributed by atoms with Crippen molar-refractivity contribution in [3.8, 4) is 0 Å². The monoisotopic (exact) mass is 379 g/mol. The Morgan fingerprint density at radius 2 is 1.81 bits per heavy atom. The van der Waals surface area contributed by atoms with Crippen LogP contribution in [-0.2, 0) is 4.79 Å². The molecule has 0 bridgehead atoms. The average molecular weight is 379 g/mol. The highest BCUT2D eigenvalue weighted by atomic mass is 32.2. The normalized spacial score (nSPS) is 15.4. The zero-order valence-electron chi connectivity index (χ0n) is 15.4. The van der Waals surface area contributed by atoms with E-state index in [1.165, 1.54) is 11.8 Å². The molecule has 0 radical (unpaired) electrons. The van der Waals surface area contributed by atoms with Crippen molar-refractivity contribution in [3.63, 3.8) is 0 Å². The van der Waals surface area contributed by atoms with Gasteiger partial charge in [0.25, 0.3) is 5.78 Å². The van der Waals surface area contributed by atoms with Crippen LogP contribution in [0.3, 0.4) is 0 Å². The fourth-order valence-corrected chi connectivity index (χ4v) is 3.50. The highest BCUT2D eigenvalue weighted by molar-refractivity contribution is 7.99. The van der Waals surface area contributed by atoms with Gasteiger partial charge in [-0.25, -0.2) is 4.40 Å². The SMILES string of the molecule is CCNc1nc(NCC)n2c(SCC(=O)N3CCN(C)CC3)nnc2n1. The van der Waals surface area contributed by atoms with Crippen LogP contribution in [0.1, 0.15) is 13.8 Å². The summed E-state index contributed by atoms with van der Waals surface area (Å²) >= 11 is 1.36. The Kier molecular flexibility index (Phi) is 6.09. The molecule has 0 atom stereocenters. The number of nitrogens with zero attached hydrogens (tertiary/aromatic N) is 7. The van der Waals surface area contributed by atoms with Gasteiger partial charge in [-0.1, -0.05) is 11.8 Å². The van der Waals surface area contributed by atoms with Crippen LogP contribution in [0.4, 0.5) is 11.9 Å². The van der Waals surface area contributed by atoms with Crippen molar-refractivity contribution in [1.82, 2.24) is 34.4 Å². The van der Waals surface area contributed by atoms with E-state index in [1.807, 2.05) is 18.7 Å². The number of likely N-dealkylation sites (N-methyl/N-ethyl adjacent to an activating group) is 1. The summed E-state index contributed by atoms with van der Waals surface area (Å²) in [5.41, 5.74) is 0. The van der Waals surface area contributed by atoms with Crippen molar-refractivity contribution in [2.75, 3.05) is 62.7 Å². The van der Waals surface area contributed by atoms with Crippen LogP contribution in [0.2, 0.25) is 0 Å². The maximum absolute atomic E-state index is 12.5. The van der Waals surface area contributed by atoms with Gasteiger partial charge < -0.3 is 20.4 Å². The Morgan fingerprint density at radius 3 is 2.50 bits per heavy atom. The third kappa shape index (κ3) is 4.15. The van der Waals surface area contributed by atoms with E-state index in [0.717, 1.165) is 32.7 Å². The molecular weight excluding hydrogens is 354 g/mol. The predicted molar refractivity (Wildman–Crippen MR) is 102 cm³/mol. The third-order valence-corrected chi connectivity index (χ3v) is 5.01. The first kappa shape index (κ1) is 18.6. The Hall–Kier alpha value is -2.14. The maximum atomic E-state index is 12.5. The number of thioether (sulfide) groups is 1. The molecule has 1 saturated heterocycles. The summed E-state index contributed by atoms with van der Waals surface area (Å²) in [5.74, 6) is 2.03. The molecule has 0 spiro atoms. The van der Waals surface area contributed by atoms with Crippen LogP contribution >= 0.6 is 11.8 Å². The molecule has 0 aromatic carbocycles. The van der Waals surface area contributed by atoms with Crippen molar-refractivity contribution in [2.24, 2.45) is 0 Å². The first-order valence-corrected chi connectivity index (χ1v) is 9.81. The van der Waals surface area contributed by atoms with Crippen molar-refractivity contribution >= 4 is 35.3 Å². The van der Waals surface area contributed by atoms with Gasteiger partial charge >= 0.3 is 0 Å². The van der Waals surface area contributed by atoms with E-state index in [4.69, 9.17) is 0 Å². The van der Waals surface area contributed by atoms with Crippen LogP contribution in [0.15, 0.2) is 5.16 Å². The molecule has 1 aliphatic rings. The molecule has 10 nitrogen and oxygen atoms in total.